The SMILES string of the molecule is CN=C(NCc1oc2ccc(F)cc2c1C)NC1CCN(C(=O)C(C)C)CC1. The third-order valence-corrected chi connectivity index (χ3v) is 5.28. The summed E-state index contributed by atoms with van der Waals surface area (Å²) >= 11 is 0. The van der Waals surface area contributed by atoms with Gasteiger partial charge < -0.3 is 20.0 Å². The molecule has 7 heteroatoms. The number of carbonyl (C=O) groups excluding carboxylic acids is 1. The molecule has 0 bridgehead atoms. The summed E-state index contributed by atoms with van der Waals surface area (Å²) in [7, 11) is 1.73. The number of piperidine rings is 1. The number of aryl methyl sites for hydroxylation is 1. The average Bonchev–Trinajstić information content (AvgIpc) is 3.00. The Balaban J connectivity index is 1.55. The van der Waals surface area contributed by atoms with Crippen LogP contribution in [0.3, 0.4) is 0 Å². The number of furan rings is 1. The van der Waals surface area contributed by atoms with Crippen LogP contribution in [0.5, 0.6) is 0 Å². The van der Waals surface area contributed by atoms with Gasteiger partial charge in [-0.1, -0.05) is 13.8 Å². The lowest BCUT2D eigenvalue weighted by atomic mass is 10.0. The number of guanidine groups is 1. The first-order valence-electron chi connectivity index (χ1n) is 9.82. The van der Waals surface area contributed by atoms with Crippen LogP contribution in [-0.4, -0.2) is 42.9 Å². The van der Waals surface area contributed by atoms with Crippen LogP contribution in [0, 0.1) is 18.7 Å². The fourth-order valence-electron chi connectivity index (χ4n) is 3.57. The minimum absolute atomic E-state index is 0.0412. The smallest absolute Gasteiger partial charge is 0.225 e. The van der Waals surface area contributed by atoms with Crippen LogP contribution in [0.25, 0.3) is 11.0 Å². The maximum atomic E-state index is 13.5. The van der Waals surface area contributed by atoms with Crippen molar-refractivity contribution in [2.75, 3.05) is 20.1 Å². The molecule has 3 rings (SSSR count). The zero-order valence-electron chi connectivity index (χ0n) is 17.0. The topological polar surface area (TPSA) is 69.9 Å². The molecule has 2 aromatic rings. The first kappa shape index (κ1) is 20.2. The van der Waals surface area contributed by atoms with Crippen LogP contribution in [0.2, 0.25) is 0 Å². The van der Waals surface area contributed by atoms with Gasteiger partial charge in [0.2, 0.25) is 5.91 Å². The first-order chi connectivity index (χ1) is 13.4. The molecule has 1 amide bonds. The van der Waals surface area contributed by atoms with E-state index < -0.39 is 0 Å². The van der Waals surface area contributed by atoms with Crippen molar-refractivity contribution in [3.8, 4) is 0 Å². The van der Waals surface area contributed by atoms with E-state index in [0.717, 1.165) is 42.6 Å². The lowest BCUT2D eigenvalue weighted by molar-refractivity contribution is -0.135. The number of benzene rings is 1. The predicted octanol–water partition coefficient (Wildman–Crippen LogP) is 3.19. The molecule has 1 saturated heterocycles. The van der Waals surface area contributed by atoms with Gasteiger partial charge in [-0.05, 0) is 38.0 Å². The molecule has 0 unspecified atom stereocenters. The van der Waals surface area contributed by atoms with Gasteiger partial charge in [0, 0.05) is 43.0 Å². The van der Waals surface area contributed by atoms with Crippen LogP contribution in [-0.2, 0) is 11.3 Å². The maximum absolute atomic E-state index is 13.5. The number of hydrogen-bond donors (Lipinski definition) is 2. The molecule has 1 aromatic heterocycles. The molecule has 1 aromatic carbocycles. The van der Waals surface area contributed by atoms with Gasteiger partial charge in [0.25, 0.3) is 0 Å². The summed E-state index contributed by atoms with van der Waals surface area (Å²) in [5.74, 6) is 1.45. The lowest BCUT2D eigenvalue weighted by Gasteiger charge is -2.34. The van der Waals surface area contributed by atoms with Crippen LogP contribution in [0.1, 0.15) is 38.0 Å². The van der Waals surface area contributed by atoms with Gasteiger partial charge in [0.1, 0.15) is 17.2 Å². The van der Waals surface area contributed by atoms with Crippen LogP contribution in [0.4, 0.5) is 4.39 Å². The number of nitrogens with one attached hydrogen (secondary N) is 2. The van der Waals surface area contributed by atoms with E-state index in [9.17, 15) is 9.18 Å². The minimum atomic E-state index is -0.268. The van der Waals surface area contributed by atoms with Crippen molar-refractivity contribution < 1.29 is 13.6 Å². The monoisotopic (exact) mass is 388 g/mol. The Morgan fingerprint density at radius 1 is 1.36 bits per heavy atom. The third kappa shape index (κ3) is 4.46. The van der Waals surface area contributed by atoms with Crippen LogP contribution in [0.15, 0.2) is 27.6 Å². The number of halogens is 1. The predicted molar refractivity (Wildman–Crippen MR) is 109 cm³/mol. The van der Waals surface area contributed by atoms with Gasteiger partial charge >= 0.3 is 0 Å². The molecule has 1 aliphatic heterocycles. The zero-order valence-corrected chi connectivity index (χ0v) is 17.0. The number of likely N-dealkylation sites (tertiary alicyclic amines) is 1. The summed E-state index contributed by atoms with van der Waals surface area (Å²) in [6.07, 6.45) is 1.78. The molecule has 0 aliphatic carbocycles. The summed E-state index contributed by atoms with van der Waals surface area (Å²) < 4.78 is 19.3. The van der Waals surface area contributed by atoms with Gasteiger partial charge in [-0.25, -0.2) is 4.39 Å². The molecule has 28 heavy (non-hydrogen) atoms. The number of carbonyl (C=O) groups is 1. The Kier molecular flexibility index (Phi) is 6.21. The molecule has 1 fully saturated rings. The van der Waals surface area contributed by atoms with Crippen molar-refractivity contribution in [1.29, 1.82) is 0 Å². The summed E-state index contributed by atoms with van der Waals surface area (Å²) in [6.45, 7) is 7.80. The van der Waals surface area contributed by atoms with Crippen molar-refractivity contribution in [3.05, 3.63) is 35.3 Å². The lowest BCUT2D eigenvalue weighted by Crippen LogP contribution is -2.50. The molecule has 0 atom stereocenters. The Bertz CT molecular complexity index is 867. The largest absolute Gasteiger partial charge is 0.459 e. The Labute approximate surface area is 165 Å². The van der Waals surface area contributed by atoms with E-state index in [0.29, 0.717) is 18.1 Å². The molecule has 2 heterocycles. The number of rotatable bonds is 4. The maximum Gasteiger partial charge on any atom is 0.225 e. The second kappa shape index (κ2) is 8.63. The van der Waals surface area contributed by atoms with E-state index in [-0.39, 0.29) is 23.7 Å². The van der Waals surface area contributed by atoms with Gasteiger partial charge in [0.05, 0.1) is 6.54 Å². The zero-order chi connectivity index (χ0) is 20.3. The van der Waals surface area contributed by atoms with E-state index in [1.807, 2.05) is 25.7 Å². The highest BCUT2D eigenvalue weighted by Gasteiger charge is 2.24. The van der Waals surface area contributed by atoms with Crippen molar-refractivity contribution >= 4 is 22.8 Å². The molecular formula is C21H29FN4O2. The summed E-state index contributed by atoms with van der Waals surface area (Å²) in [6, 6.07) is 4.82. The number of fused-ring (bicyclic) bond motifs is 1. The second-order valence-electron chi connectivity index (χ2n) is 7.62. The molecule has 2 N–H and O–H groups in total. The summed E-state index contributed by atoms with van der Waals surface area (Å²) in [4.78, 5) is 18.3. The molecule has 1 aliphatic rings. The molecule has 152 valence electrons. The van der Waals surface area contributed by atoms with Crippen molar-refractivity contribution in [1.82, 2.24) is 15.5 Å². The van der Waals surface area contributed by atoms with E-state index in [4.69, 9.17) is 4.42 Å². The first-order valence-corrected chi connectivity index (χ1v) is 9.82. The van der Waals surface area contributed by atoms with Crippen LogP contribution >= 0.6 is 0 Å². The van der Waals surface area contributed by atoms with Crippen molar-refractivity contribution in [3.63, 3.8) is 0 Å². The Hall–Kier alpha value is -2.57. The van der Waals surface area contributed by atoms with E-state index in [1.54, 1.807) is 13.1 Å². The fourth-order valence-corrected chi connectivity index (χ4v) is 3.57. The highest BCUT2D eigenvalue weighted by Crippen LogP contribution is 2.25. The van der Waals surface area contributed by atoms with Gasteiger partial charge in [-0.2, -0.15) is 0 Å². The fraction of sp³-hybridized carbons (Fsp3) is 0.524. The standard InChI is InChI=1S/C21H29FN4O2/c1-13(2)20(27)26-9-7-16(8-10-26)25-21(23-4)24-12-19-14(3)17-11-15(22)5-6-18(17)28-19/h5-6,11,13,16H,7-10,12H2,1-4H3,(H2,23,24,25). The number of hydrogen-bond acceptors (Lipinski definition) is 3. The average molecular weight is 388 g/mol. The Morgan fingerprint density at radius 2 is 2.07 bits per heavy atom. The van der Waals surface area contributed by atoms with Gasteiger partial charge in [-0.3, -0.25) is 9.79 Å². The van der Waals surface area contributed by atoms with Crippen LogP contribution < -0.4 is 10.6 Å². The second-order valence-corrected chi connectivity index (χ2v) is 7.62. The summed E-state index contributed by atoms with van der Waals surface area (Å²) in [5, 5.41) is 7.49. The normalized spacial score (nSPS) is 16.1. The molecule has 0 spiro atoms. The van der Waals surface area contributed by atoms with E-state index in [2.05, 4.69) is 15.6 Å². The minimum Gasteiger partial charge on any atom is -0.459 e. The van der Waals surface area contributed by atoms with Gasteiger partial charge in [-0.15, -0.1) is 0 Å². The molecule has 0 radical (unpaired) electrons. The Morgan fingerprint density at radius 3 is 2.71 bits per heavy atom. The highest BCUT2D eigenvalue weighted by atomic mass is 19.1. The number of nitrogens with zero attached hydrogens (tertiary/aromatic N) is 2. The number of aliphatic imine (C=N–C) groups is 1. The number of amides is 1. The molecule has 6 nitrogen and oxygen atoms in total. The third-order valence-electron chi connectivity index (χ3n) is 5.28. The highest BCUT2D eigenvalue weighted by molar-refractivity contribution is 5.83. The van der Waals surface area contributed by atoms with E-state index in [1.165, 1.54) is 12.1 Å². The molecule has 0 saturated carbocycles. The van der Waals surface area contributed by atoms with E-state index >= 15 is 0 Å². The van der Waals surface area contributed by atoms with Crippen molar-refractivity contribution in [2.24, 2.45) is 10.9 Å². The summed E-state index contributed by atoms with van der Waals surface area (Å²) in [5.41, 5.74) is 1.61. The molecular weight excluding hydrogens is 359 g/mol. The van der Waals surface area contributed by atoms with Crippen molar-refractivity contribution in [2.45, 2.75) is 46.2 Å². The van der Waals surface area contributed by atoms with Gasteiger partial charge in [0.15, 0.2) is 5.96 Å². The quantitative estimate of drug-likeness (QED) is 0.623.